The molecule has 0 amide bonds. The first-order valence-electron chi connectivity index (χ1n) is 9.17. The number of rotatable bonds is 8. The van der Waals surface area contributed by atoms with Crippen LogP contribution >= 0.6 is 0 Å². The van der Waals surface area contributed by atoms with Crippen LogP contribution in [0.2, 0.25) is 0 Å². The van der Waals surface area contributed by atoms with Crippen LogP contribution in [0.25, 0.3) is 0 Å². The molecule has 23 heavy (non-hydrogen) atoms. The van der Waals surface area contributed by atoms with Crippen molar-refractivity contribution in [3.05, 3.63) is 29.8 Å². The van der Waals surface area contributed by atoms with E-state index < -0.39 is 0 Å². The molecule has 1 atom stereocenters. The van der Waals surface area contributed by atoms with E-state index in [0.717, 1.165) is 30.9 Å². The third kappa shape index (κ3) is 6.15. The molecule has 1 unspecified atom stereocenters. The number of aliphatic hydroxyl groups excluding tert-OH is 1. The third-order valence-corrected chi connectivity index (χ3v) is 4.80. The van der Waals surface area contributed by atoms with Gasteiger partial charge < -0.3 is 14.7 Å². The summed E-state index contributed by atoms with van der Waals surface area (Å²) in [4.78, 5) is 2.43. The van der Waals surface area contributed by atoms with Crippen LogP contribution in [0, 0.1) is 5.92 Å². The molecule has 1 fully saturated rings. The van der Waals surface area contributed by atoms with E-state index >= 15 is 0 Å². The standard InChI is InChI=1S/C20H33NO2/c1-16(2)15-23-19-11-9-17(10-12-19)20(22)13-14-21(3)18-7-5-4-6-8-18/h9-12,16,18,20,22H,4-8,13-15H2,1-3H3. The summed E-state index contributed by atoms with van der Waals surface area (Å²) >= 11 is 0. The van der Waals surface area contributed by atoms with Crippen LogP contribution < -0.4 is 4.74 Å². The first kappa shape index (κ1) is 18.3. The average molecular weight is 319 g/mol. The molecule has 130 valence electrons. The lowest BCUT2D eigenvalue weighted by Gasteiger charge is -2.31. The monoisotopic (exact) mass is 319 g/mol. The molecule has 3 heteroatoms. The number of hydrogen-bond donors (Lipinski definition) is 1. The Balaban J connectivity index is 1.77. The Hall–Kier alpha value is -1.06. The molecule has 0 aromatic heterocycles. The second kappa shape index (κ2) is 9.29. The molecule has 0 spiro atoms. The van der Waals surface area contributed by atoms with Gasteiger partial charge in [0.2, 0.25) is 0 Å². The molecule has 0 bridgehead atoms. The highest BCUT2D eigenvalue weighted by molar-refractivity contribution is 5.28. The summed E-state index contributed by atoms with van der Waals surface area (Å²) in [6.45, 7) is 5.97. The fourth-order valence-electron chi connectivity index (χ4n) is 3.25. The van der Waals surface area contributed by atoms with Crippen molar-refractivity contribution in [2.24, 2.45) is 5.92 Å². The van der Waals surface area contributed by atoms with Crippen molar-refractivity contribution in [1.29, 1.82) is 0 Å². The molecule has 0 saturated heterocycles. The highest BCUT2D eigenvalue weighted by Gasteiger charge is 2.18. The van der Waals surface area contributed by atoms with Crippen LogP contribution in [-0.4, -0.2) is 36.2 Å². The summed E-state index contributed by atoms with van der Waals surface area (Å²) in [7, 11) is 2.20. The summed E-state index contributed by atoms with van der Waals surface area (Å²) in [5, 5.41) is 10.4. The van der Waals surface area contributed by atoms with Crippen molar-refractivity contribution in [3.63, 3.8) is 0 Å². The van der Waals surface area contributed by atoms with Crippen molar-refractivity contribution in [3.8, 4) is 5.75 Å². The lowest BCUT2D eigenvalue weighted by molar-refractivity contribution is 0.125. The van der Waals surface area contributed by atoms with Crippen molar-refractivity contribution in [2.45, 2.75) is 64.5 Å². The summed E-state index contributed by atoms with van der Waals surface area (Å²) in [6, 6.07) is 8.61. The molecule has 0 heterocycles. The van der Waals surface area contributed by atoms with Crippen molar-refractivity contribution in [1.82, 2.24) is 4.90 Å². The molecule has 2 rings (SSSR count). The Morgan fingerprint density at radius 1 is 1.13 bits per heavy atom. The number of benzene rings is 1. The van der Waals surface area contributed by atoms with Gasteiger partial charge in [0.05, 0.1) is 12.7 Å². The third-order valence-electron chi connectivity index (χ3n) is 4.80. The molecule has 0 aliphatic heterocycles. The maximum absolute atomic E-state index is 10.4. The zero-order valence-electron chi connectivity index (χ0n) is 15.0. The largest absolute Gasteiger partial charge is 0.493 e. The van der Waals surface area contributed by atoms with Crippen molar-refractivity contribution >= 4 is 0 Å². The fraction of sp³-hybridized carbons (Fsp3) is 0.700. The second-order valence-electron chi connectivity index (χ2n) is 7.35. The summed E-state index contributed by atoms with van der Waals surface area (Å²) in [6.07, 6.45) is 7.13. The molecular weight excluding hydrogens is 286 g/mol. The predicted molar refractivity (Wildman–Crippen MR) is 95.9 cm³/mol. The van der Waals surface area contributed by atoms with Gasteiger partial charge in [-0.05, 0) is 49.9 Å². The van der Waals surface area contributed by atoms with E-state index in [1.807, 2.05) is 24.3 Å². The highest BCUT2D eigenvalue weighted by atomic mass is 16.5. The minimum absolute atomic E-state index is 0.389. The van der Waals surface area contributed by atoms with Gasteiger partial charge in [0.1, 0.15) is 5.75 Å². The topological polar surface area (TPSA) is 32.7 Å². The van der Waals surface area contributed by atoms with E-state index in [9.17, 15) is 5.11 Å². The molecular formula is C20H33NO2. The molecule has 0 radical (unpaired) electrons. The molecule has 1 N–H and O–H groups in total. The van der Waals surface area contributed by atoms with Gasteiger partial charge in [0.15, 0.2) is 0 Å². The minimum atomic E-state index is -0.389. The maximum Gasteiger partial charge on any atom is 0.119 e. The predicted octanol–water partition coefficient (Wildman–Crippen LogP) is 4.41. The molecule has 1 aromatic carbocycles. The maximum atomic E-state index is 10.4. The van der Waals surface area contributed by atoms with E-state index in [2.05, 4.69) is 25.8 Å². The zero-order valence-corrected chi connectivity index (χ0v) is 15.0. The number of hydrogen-bond acceptors (Lipinski definition) is 3. The first-order chi connectivity index (χ1) is 11.1. The molecule has 1 saturated carbocycles. The van der Waals surface area contributed by atoms with Gasteiger partial charge in [-0.1, -0.05) is 45.2 Å². The van der Waals surface area contributed by atoms with Gasteiger partial charge in [-0.15, -0.1) is 0 Å². The van der Waals surface area contributed by atoms with Gasteiger partial charge in [-0.3, -0.25) is 0 Å². The smallest absolute Gasteiger partial charge is 0.119 e. The molecule has 1 aliphatic carbocycles. The Bertz CT molecular complexity index is 437. The Morgan fingerprint density at radius 3 is 2.39 bits per heavy atom. The minimum Gasteiger partial charge on any atom is -0.493 e. The fourth-order valence-corrected chi connectivity index (χ4v) is 3.25. The highest BCUT2D eigenvalue weighted by Crippen LogP contribution is 2.24. The lowest BCUT2D eigenvalue weighted by atomic mass is 9.94. The number of aliphatic hydroxyl groups is 1. The van der Waals surface area contributed by atoms with Crippen LogP contribution in [0.5, 0.6) is 5.75 Å². The van der Waals surface area contributed by atoms with E-state index in [4.69, 9.17) is 4.74 Å². The van der Waals surface area contributed by atoms with Crippen LogP contribution in [0.3, 0.4) is 0 Å². The van der Waals surface area contributed by atoms with E-state index in [-0.39, 0.29) is 6.10 Å². The van der Waals surface area contributed by atoms with Gasteiger partial charge in [0, 0.05) is 12.6 Å². The quantitative estimate of drug-likeness (QED) is 0.770. The summed E-state index contributed by atoms with van der Waals surface area (Å²) in [5.41, 5.74) is 0.985. The van der Waals surface area contributed by atoms with Crippen LogP contribution in [0.15, 0.2) is 24.3 Å². The van der Waals surface area contributed by atoms with Crippen LogP contribution in [0.4, 0.5) is 0 Å². The van der Waals surface area contributed by atoms with E-state index in [1.165, 1.54) is 32.1 Å². The van der Waals surface area contributed by atoms with Crippen LogP contribution in [-0.2, 0) is 0 Å². The second-order valence-corrected chi connectivity index (χ2v) is 7.35. The Kier molecular flexibility index (Phi) is 7.38. The van der Waals surface area contributed by atoms with Crippen molar-refractivity contribution < 1.29 is 9.84 Å². The molecule has 3 nitrogen and oxygen atoms in total. The van der Waals surface area contributed by atoms with Gasteiger partial charge in [0.25, 0.3) is 0 Å². The van der Waals surface area contributed by atoms with E-state index in [1.54, 1.807) is 0 Å². The normalized spacial score (nSPS) is 17.7. The summed E-state index contributed by atoms with van der Waals surface area (Å²) < 4.78 is 5.69. The van der Waals surface area contributed by atoms with Gasteiger partial charge >= 0.3 is 0 Å². The average Bonchev–Trinajstić information content (AvgIpc) is 2.58. The van der Waals surface area contributed by atoms with Crippen molar-refractivity contribution in [2.75, 3.05) is 20.2 Å². The lowest BCUT2D eigenvalue weighted by Crippen LogP contribution is -2.34. The number of ether oxygens (including phenoxy) is 1. The molecule has 1 aromatic rings. The SMILES string of the molecule is CC(C)COc1ccc(C(O)CCN(C)C2CCCCC2)cc1. The van der Waals surface area contributed by atoms with E-state index in [0.29, 0.717) is 12.0 Å². The van der Waals surface area contributed by atoms with Gasteiger partial charge in [-0.25, -0.2) is 0 Å². The Labute approximate surface area is 141 Å². The Morgan fingerprint density at radius 2 is 1.78 bits per heavy atom. The zero-order chi connectivity index (χ0) is 16.7. The number of nitrogens with zero attached hydrogens (tertiary/aromatic N) is 1. The first-order valence-corrected chi connectivity index (χ1v) is 9.17. The summed E-state index contributed by atoms with van der Waals surface area (Å²) in [5.74, 6) is 1.41. The van der Waals surface area contributed by atoms with Gasteiger partial charge in [-0.2, -0.15) is 0 Å². The van der Waals surface area contributed by atoms with Crippen LogP contribution in [0.1, 0.15) is 64.0 Å². The molecule has 1 aliphatic rings.